The second-order valence-corrected chi connectivity index (χ2v) is 13.7. The number of amides is 1. The second kappa shape index (κ2) is 14.4. The molecule has 0 bridgehead atoms. The number of hydrogen-bond donors (Lipinski definition) is 2. The molecular formula is C38H38N2O6S. The summed E-state index contributed by atoms with van der Waals surface area (Å²) in [6.07, 6.45) is 4.10. The maximum Gasteiger partial charge on any atom is 0.264 e. The van der Waals surface area contributed by atoms with Crippen molar-refractivity contribution in [2.24, 2.45) is 0 Å². The highest BCUT2D eigenvalue weighted by Gasteiger charge is 2.23. The van der Waals surface area contributed by atoms with Crippen molar-refractivity contribution in [3.8, 4) is 11.3 Å². The van der Waals surface area contributed by atoms with E-state index in [9.17, 15) is 18.0 Å². The predicted molar refractivity (Wildman–Crippen MR) is 186 cm³/mol. The molecule has 1 aromatic heterocycles. The van der Waals surface area contributed by atoms with Gasteiger partial charge in [-0.15, -0.1) is 0 Å². The van der Waals surface area contributed by atoms with E-state index in [4.69, 9.17) is 8.97 Å². The summed E-state index contributed by atoms with van der Waals surface area (Å²) in [5.74, 6) is -0.522. The van der Waals surface area contributed by atoms with E-state index in [1.807, 2.05) is 78.9 Å². The van der Waals surface area contributed by atoms with E-state index < -0.39 is 21.8 Å². The number of Topliss-reactive ketones (excluding diaryl/α,β-unsaturated/α-hetero) is 1. The van der Waals surface area contributed by atoms with E-state index in [1.165, 1.54) is 19.3 Å². The van der Waals surface area contributed by atoms with Gasteiger partial charge in [0.05, 0.1) is 11.7 Å². The number of para-hydroxylation sites is 1. The highest BCUT2D eigenvalue weighted by atomic mass is 32.2. The smallest absolute Gasteiger partial charge is 0.264 e. The van der Waals surface area contributed by atoms with Gasteiger partial charge >= 0.3 is 0 Å². The molecule has 1 aliphatic rings. The minimum absolute atomic E-state index is 0.0165. The first kappa shape index (κ1) is 32.2. The van der Waals surface area contributed by atoms with Crippen molar-refractivity contribution in [2.45, 2.75) is 44.4 Å². The Balaban J connectivity index is 1.18. The number of fused-ring (bicyclic) bond motifs is 1. The highest BCUT2D eigenvalue weighted by molar-refractivity contribution is 7.85. The van der Waals surface area contributed by atoms with Crippen LogP contribution in [0, 0.1) is 0 Å². The molecule has 9 heteroatoms. The zero-order valence-corrected chi connectivity index (χ0v) is 26.9. The molecular weight excluding hydrogens is 612 g/mol. The molecule has 6 rings (SSSR count). The number of ketones is 1. The van der Waals surface area contributed by atoms with Crippen molar-refractivity contribution in [3.05, 3.63) is 120 Å². The molecule has 1 unspecified atom stereocenters. The topological polar surface area (TPSA) is 117 Å². The number of furan rings is 1. The molecule has 1 amide bonds. The Hall–Kier alpha value is -4.73. The van der Waals surface area contributed by atoms with Gasteiger partial charge in [-0.05, 0) is 91.8 Å². The largest absolute Gasteiger partial charge is 0.456 e. The minimum Gasteiger partial charge on any atom is -0.456 e. The van der Waals surface area contributed by atoms with E-state index >= 15 is 0 Å². The quantitative estimate of drug-likeness (QED) is 0.104. The van der Waals surface area contributed by atoms with Crippen LogP contribution in [0.25, 0.3) is 22.3 Å². The van der Waals surface area contributed by atoms with Crippen LogP contribution in [-0.4, -0.2) is 43.5 Å². The predicted octanol–water partition coefficient (Wildman–Crippen LogP) is 7.91. The van der Waals surface area contributed by atoms with Crippen molar-refractivity contribution in [1.82, 2.24) is 0 Å². The highest BCUT2D eigenvalue weighted by Crippen LogP contribution is 2.30. The van der Waals surface area contributed by atoms with Crippen LogP contribution in [0.1, 0.15) is 59.5 Å². The van der Waals surface area contributed by atoms with Crippen LogP contribution in [-0.2, 0) is 21.3 Å². The van der Waals surface area contributed by atoms with E-state index in [-0.39, 0.29) is 24.5 Å². The standard InChI is InChI=1S/C38H38N2O6S/c41-35(8-6-24-47(43,44)45)29-12-10-27(11-13-29)25-34(28-16-20-33(21-17-28)40-22-4-1-5-23-40)38(42)39-32-18-14-30(15-19-32)37-26-31-7-2-3-9-36(31)46-37/h2-3,7,9-21,26,34H,1,4-6,8,22-25H2,(H,39,42)(H,43,44,45). The fourth-order valence-electron chi connectivity index (χ4n) is 6.12. The van der Waals surface area contributed by atoms with Gasteiger partial charge in [0.1, 0.15) is 11.3 Å². The number of anilines is 2. The van der Waals surface area contributed by atoms with E-state index in [0.717, 1.165) is 52.2 Å². The van der Waals surface area contributed by atoms with Gasteiger partial charge in [-0.3, -0.25) is 14.1 Å². The Morgan fingerprint density at radius 2 is 1.55 bits per heavy atom. The molecule has 0 radical (unpaired) electrons. The first-order valence-electron chi connectivity index (χ1n) is 16.0. The first-order chi connectivity index (χ1) is 22.7. The summed E-state index contributed by atoms with van der Waals surface area (Å²) in [5, 5.41) is 4.14. The summed E-state index contributed by atoms with van der Waals surface area (Å²) in [5.41, 5.74) is 5.81. The monoisotopic (exact) mass is 650 g/mol. The fraction of sp³-hybridized carbons (Fsp3) is 0.263. The number of carbonyl (C=O) groups is 2. The van der Waals surface area contributed by atoms with Crippen molar-refractivity contribution >= 4 is 44.2 Å². The third-order valence-electron chi connectivity index (χ3n) is 8.72. The summed E-state index contributed by atoms with van der Waals surface area (Å²) in [4.78, 5) is 28.8. The molecule has 2 N–H and O–H groups in total. The third-order valence-corrected chi connectivity index (χ3v) is 9.52. The van der Waals surface area contributed by atoms with Gasteiger partial charge in [-0.25, -0.2) is 0 Å². The zero-order chi connectivity index (χ0) is 32.8. The number of rotatable bonds is 12. The molecule has 0 aliphatic carbocycles. The van der Waals surface area contributed by atoms with Gasteiger partial charge in [0.25, 0.3) is 10.1 Å². The molecule has 8 nitrogen and oxygen atoms in total. The van der Waals surface area contributed by atoms with Crippen LogP contribution >= 0.6 is 0 Å². The Labute approximate surface area is 275 Å². The lowest BCUT2D eigenvalue weighted by Gasteiger charge is -2.29. The van der Waals surface area contributed by atoms with Crippen LogP contribution < -0.4 is 10.2 Å². The maximum atomic E-state index is 13.9. The molecule has 4 aromatic carbocycles. The minimum atomic E-state index is -4.11. The van der Waals surface area contributed by atoms with Gasteiger partial charge in [0, 0.05) is 47.4 Å². The van der Waals surface area contributed by atoms with Crippen LogP contribution in [0.4, 0.5) is 11.4 Å². The lowest BCUT2D eigenvalue weighted by atomic mass is 9.90. The van der Waals surface area contributed by atoms with Gasteiger partial charge < -0.3 is 14.6 Å². The average Bonchev–Trinajstić information content (AvgIpc) is 3.52. The number of piperidine rings is 1. The third kappa shape index (κ3) is 8.36. The molecule has 0 saturated carbocycles. The Kier molecular flexibility index (Phi) is 9.84. The molecule has 1 fully saturated rings. The molecule has 1 atom stereocenters. The van der Waals surface area contributed by atoms with Gasteiger partial charge in [0.2, 0.25) is 5.91 Å². The lowest BCUT2D eigenvalue weighted by Crippen LogP contribution is -2.29. The lowest BCUT2D eigenvalue weighted by molar-refractivity contribution is -0.117. The van der Waals surface area contributed by atoms with Gasteiger partial charge in [-0.2, -0.15) is 8.42 Å². The van der Waals surface area contributed by atoms with Crippen molar-refractivity contribution in [2.75, 3.05) is 29.1 Å². The second-order valence-electron chi connectivity index (χ2n) is 12.1. The number of nitrogens with one attached hydrogen (secondary N) is 1. The maximum absolute atomic E-state index is 13.9. The average molecular weight is 651 g/mol. The molecule has 1 aliphatic heterocycles. The molecule has 47 heavy (non-hydrogen) atoms. The number of benzene rings is 4. The zero-order valence-electron chi connectivity index (χ0n) is 26.1. The van der Waals surface area contributed by atoms with Crippen molar-refractivity contribution in [3.63, 3.8) is 0 Å². The Morgan fingerprint density at radius 1 is 0.851 bits per heavy atom. The SMILES string of the molecule is O=C(CCCS(=O)(=O)O)c1ccc(CC(C(=O)Nc2ccc(-c3cc4ccccc4o3)cc2)c2ccc(N3CCCCC3)cc2)cc1. The van der Waals surface area contributed by atoms with E-state index in [2.05, 4.69) is 22.3 Å². The van der Waals surface area contributed by atoms with Crippen molar-refractivity contribution in [1.29, 1.82) is 0 Å². The molecule has 2 heterocycles. The number of hydrogen-bond acceptors (Lipinski definition) is 6. The van der Waals surface area contributed by atoms with Crippen LogP contribution in [0.15, 0.2) is 108 Å². The van der Waals surface area contributed by atoms with E-state index in [0.29, 0.717) is 17.7 Å². The number of nitrogens with zero attached hydrogens (tertiary/aromatic N) is 1. The normalized spacial score (nSPS) is 14.2. The number of carbonyl (C=O) groups excluding carboxylic acids is 2. The summed E-state index contributed by atoms with van der Waals surface area (Å²) in [6.45, 7) is 2.07. The molecule has 242 valence electrons. The van der Waals surface area contributed by atoms with Crippen LogP contribution in [0.5, 0.6) is 0 Å². The Bertz CT molecular complexity index is 1910. The molecule has 0 spiro atoms. The Morgan fingerprint density at radius 3 is 2.23 bits per heavy atom. The fourth-order valence-corrected chi connectivity index (χ4v) is 6.63. The van der Waals surface area contributed by atoms with Crippen LogP contribution in [0.2, 0.25) is 0 Å². The molecule has 1 saturated heterocycles. The van der Waals surface area contributed by atoms with Gasteiger partial charge in [-0.1, -0.05) is 54.6 Å². The molecule has 5 aromatic rings. The van der Waals surface area contributed by atoms with Crippen molar-refractivity contribution < 1.29 is 27.0 Å². The summed E-state index contributed by atoms with van der Waals surface area (Å²) in [7, 11) is -4.11. The van der Waals surface area contributed by atoms with Gasteiger partial charge in [0.15, 0.2) is 5.78 Å². The van der Waals surface area contributed by atoms with E-state index in [1.54, 1.807) is 12.1 Å². The summed E-state index contributed by atoms with van der Waals surface area (Å²) in [6, 6.07) is 32.8. The summed E-state index contributed by atoms with van der Waals surface area (Å²) >= 11 is 0. The summed E-state index contributed by atoms with van der Waals surface area (Å²) < 4.78 is 36.9. The van der Waals surface area contributed by atoms with Crippen LogP contribution in [0.3, 0.4) is 0 Å². The first-order valence-corrected chi connectivity index (χ1v) is 17.6.